The highest BCUT2D eigenvalue weighted by molar-refractivity contribution is 6.40. The van der Waals surface area contributed by atoms with Gasteiger partial charge in [-0.3, -0.25) is 15.1 Å². The molecule has 1 fully saturated rings. The number of benzene rings is 2. The van der Waals surface area contributed by atoms with Crippen molar-refractivity contribution in [3.8, 4) is 28.3 Å². The summed E-state index contributed by atoms with van der Waals surface area (Å²) in [5.74, 6) is 0.433. The van der Waals surface area contributed by atoms with Crippen LogP contribution in [0.15, 0.2) is 54.9 Å². The number of carbonyl (C=O) groups is 2. The number of pyridine rings is 1. The Morgan fingerprint density at radius 1 is 1.03 bits per heavy atom. The molecular formula is C26H21Cl2N5O3. The summed E-state index contributed by atoms with van der Waals surface area (Å²) in [6, 6.07) is 12.8. The zero-order valence-electron chi connectivity index (χ0n) is 19.2. The number of rotatable bonds is 6. The third-order valence-electron chi connectivity index (χ3n) is 6.15. The highest BCUT2D eigenvalue weighted by Gasteiger charge is 2.28. The van der Waals surface area contributed by atoms with Crippen LogP contribution in [0.2, 0.25) is 10.3 Å². The fraction of sp³-hybridized carbons (Fsp3) is 0.154. The molecule has 0 saturated carbocycles. The summed E-state index contributed by atoms with van der Waals surface area (Å²) < 4.78 is 0. The number of imidazole rings is 1. The van der Waals surface area contributed by atoms with E-state index >= 15 is 0 Å². The van der Waals surface area contributed by atoms with E-state index in [2.05, 4.69) is 20.3 Å². The van der Waals surface area contributed by atoms with Crippen LogP contribution in [0.25, 0.3) is 22.5 Å². The molecule has 3 heterocycles. The second kappa shape index (κ2) is 9.64. The number of aryl methyl sites for hydroxylation is 1. The maximum absolute atomic E-state index is 12.3. The van der Waals surface area contributed by atoms with Crippen LogP contribution in [0.5, 0.6) is 5.75 Å². The van der Waals surface area contributed by atoms with E-state index in [1.165, 1.54) is 4.90 Å². The molecule has 2 aromatic carbocycles. The first-order valence-corrected chi connectivity index (χ1v) is 11.9. The molecule has 2 aromatic heterocycles. The Kier molecular flexibility index (Phi) is 6.38. The van der Waals surface area contributed by atoms with Gasteiger partial charge in [0.25, 0.3) is 0 Å². The second-order valence-electron chi connectivity index (χ2n) is 8.56. The van der Waals surface area contributed by atoms with Crippen LogP contribution in [0.3, 0.4) is 0 Å². The predicted octanol–water partition coefficient (Wildman–Crippen LogP) is 5.10. The number of amides is 3. The minimum atomic E-state index is -0.436. The minimum Gasteiger partial charge on any atom is -0.507 e. The summed E-state index contributed by atoms with van der Waals surface area (Å²) in [6.45, 7) is 2.03. The van der Waals surface area contributed by atoms with Crippen molar-refractivity contribution in [2.24, 2.45) is 0 Å². The van der Waals surface area contributed by atoms with E-state index < -0.39 is 6.03 Å². The second-order valence-corrected chi connectivity index (χ2v) is 9.30. The molecule has 0 radical (unpaired) electrons. The number of para-hydroxylation sites is 1. The van der Waals surface area contributed by atoms with Crippen molar-refractivity contribution in [1.82, 2.24) is 25.2 Å². The van der Waals surface area contributed by atoms with Crippen LogP contribution >= 0.6 is 23.2 Å². The highest BCUT2D eigenvalue weighted by Crippen LogP contribution is 2.33. The lowest BCUT2D eigenvalue weighted by Gasteiger charge is -2.20. The lowest BCUT2D eigenvalue weighted by atomic mass is 9.93. The van der Waals surface area contributed by atoms with Gasteiger partial charge >= 0.3 is 6.03 Å². The van der Waals surface area contributed by atoms with Crippen molar-refractivity contribution in [2.45, 2.75) is 19.9 Å². The lowest BCUT2D eigenvalue weighted by molar-refractivity contribution is -0.118. The molecule has 3 N–H and O–H groups in total. The van der Waals surface area contributed by atoms with Gasteiger partial charge in [-0.15, -0.1) is 0 Å². The summed E-state index contributed by atoms with van der Waals surface area (Å²) in [6.07, 6.45) is 3.88. The number of nitrogens with one attached hydrogen (secondary N) is 2. The third kappa shape index (κ3) is 4.65. The molecule has 4 aromatic rings. The minimum absolute atomic E-state index is 0.0192. The molecule has 3 amide bonds. The van der Waals surface area contributed by atoms with E-state index in [0.717, 1.165) is 38.9 Å². The van der Waals surface area contributed by atoms with Crippen molar-refractivity contribution in [2.75, 3.05) is 6.54 Å². The van der Waals surface area contributed by atoms with Gasteiger partial charge in [0.05, 0.1) is 0 Å². The van der Waals surface area contributed by atoms with Gasteiger partial charge in [0, 0.05) is 36.5 Å². The number of aromatic amines is 1. The van der Waals surface area contributed by atoms with E-state index in [1.807, 2.05) is 49.4 Å². The predicted molar refractivity (Wildman–Crippen MR) is 137 cm³/mol. The monoisotopic (exact) mass is 521 g/mol. The van der Waals surface area contributed by atoms with Crippen LogP contribution in [0, 0.1) is 6.92 Å². The summed E-state index contributed by atoms with van der Waals surface area (Å²) in [7, 11) is 0. The van der Waals surface area contributed by atoms with Gasteiger partial charge in [-0.05, 0) is 34.7 Å². The molecular weight excluding hydrogens is 501 g/mol. The zero-order valence-corrected chi connectivity index (χ0v) is 20.7. The number of phenols is 1. The van der Waals surface area contributed by atoms with Crippen LogP contribution < -0.4 is 5.32 Å². The van der Waals surface area contributed by atoms with Gasteiger partial charge in [0.1, 0.15) is 23.3 Å². The molecule has 0 atom stereocenters. The molecule has 0 aliphatic carbocycles. The number of H-pyrrole nitrogens is 1. The number of nitrogens with zero attached hydrogens (tertiary/aromatic N) is 3. The summed E-state index contributed by atoms with van der Waals surface area (Å²) >= 11 is 12.0. The molecule has 0 bridgehead atoms. The number of phenolic OH excluding ortho intramolecular Hbond substituents is 1. The molecule has 0 unspecified atom stereocenters. The number of aromatic hydroxyl groups is 1. The maximum atomic E-state index is 12.3. The highest BCUT2D eigenvalue weighted by atomic mass is 35.5. The van der Waals surface area contributed by atoms with E-state index in [9.17, 15) is 14.7 Å². The van der Waals surface area contributed by atoms with E-state index in [4.69, 9.17) is 23.2 Å². The third-order valence-corrected chi connectivity index (χ3v) is 6.80. The van der Waals surface area contributed by atoms with Crippen molar-refractivity contribution in [3.05, 3.63) is 87.4 Å². The van der Waals surface area contributed by atoms with E-state index in [-0.39, 0.29) is 35.1 Å². The summed E-state index contributed by atoms with van der Waals surface area (Å²) in [4.78, 5) is 37.2. The average Bonchev–Trinajstić information content (AvgIpc) is 3.37. The number of hydrogen-bond acceptors (Lipinski definition) is 5. The number of aromatic nitrogens is 3. The summed E-state index contributed by atoms with van der Waals surface area (Å²) in [5, 5.41) is 13.4. The largest absolute Gasteiger partial charge is 0.507 e. The van der Waals surface area contributed by atoms with Crippen LogP contribution in [0.1, 0.15) is 22.3 Å². The van der Waals surface area contributed by atoms with Crippen molar-refractivity contribution < 1.29 is 14.7 Å². The molecule has 182 valence electrons. The van der Waals surface area contributed by atoms with Crippen LogP contribution in [-0.2, 0) is 17.8 Å². The standard InChI is InChI=1S/C26H21Cl2N5O3/c1-14-3-2-4-17(22(14)35)9-18-10-29-11-19(20(18)12-33-13-21(34)30-26(33)36)15-5-7-16(8-6-15)25-31-23(27)24(28)32-25/h2-8,10-11,35H,9,12-13H2,1H3,(H,31,32)(H,30,34,36). The molecule has 36 heavy (non-hydrogen) atoms. The Hall–Kier alpha value is -3.88. The van der Waals surface area contributed by atoms with Gasteiger partial charge in [-0.25, -0.2) is 9.78 Å². The molecule has 0 spiro atoms. The first kappa shape index (κ1) is 23.8. The van der Waals surface area contributed by atoms with Gasteiger partial charge in [-0.1, -0.05) is 65.7 Å². The van der Waals surface area contributed by atoms with Crippen LogP contribution in [-0.4, -0.2) is 43.4 Å². The van der Waals surface area contributed by atoms with E-state index in [1.54, 1.807) is 12.4 Å². The molecule has 5 rings (SSSR count). The summed E-state index contributed by atoms with van der Waals surface area (Å²) in [5.41, 5.74) is 5.69. The fourth-order valence-corrected chi connectivity index (χ4v) is 4.53. The van der Waals surface area contributed by atoms with Crippen molar-refractivity contribution >= 4 is 35.1 Å². The van der Waals surface area contributed by atoms with Crippen LogP contribution in [0.4, 0.5) is 4.79 Å². The normalized spacial score (nSPS) is 13.4. The molecule has 10 heteroatoms. The number of carbonyl (C=O) groups excluding carboxylic acids is 2. The Balaban J connectivity index is 1.55. The van der Waals surface area contributed by atoms with Gasteiger partial charge in [0.2, 0.25) is 5.91 Å². The SMILES string of the molecule is Cc1cccc(Cc2cncc(-c3ccc(-c4nc(Cl)c(Cl)[nH]4)cc3)c2CN2CC(=O)NC2=O)c1O. The van der Waals surface area contributed by atoms with Gasteiger partial charge < -0.3 is 15.0 Å². The zero-order chi connectivity index (χ0) is 25.4. The number of urea groups is 1. The number of hydrogen-bond donors (Lipinski definition) is 3. The first-order valence-electron chi connectivity index (χ1n) is 11.1. The average molecular weight is 522 g/mol. The Bertz CT molecular complexity index is 1460. The molecule has 1 aliphatic heterocycles. The smallest absolute Gasteiger partial charge is 0.324 e. The molecule has 8 nitrogen and oxygen atoms in total. The number of halogens is 2. The number of imide groups is 1. The van der Waals surface area contributed by atoms with E-state index in [0.29, 0.717) is 12.2 Å². The Labute approximate surface area is 216 Å². The molecule has 1 saturated heterocycles. The van der Waals surface area contributed by atoms with Gasteiger partial charge in [0.15, 0.2) is 5.15 Å². The fourth-order valence-electron chi connectivity index (χ4n) is 4.26. The van der Waals surface area contributed by atoms with Gasteiger partial charge in [-0.2, -0.15) is 0 Å². The lowest BCUT2D eigenvalue weighted by Crippen LogP contribution is -2.28. The van der Waals surface area contributed by atoms with Crippen molar-refractivity contribution in [3.63, 3.8) is 0 Å². The topological polar surface area (TPSA) is 111 Å². The Morgan fingerprint density at radius 3 is 2.44 bits per heavy atom. The molecule has 1 aliphatic rings. The quantitative estimate of drug-likeness (QED) is 0.305. The maximum Gasteiger partial charge on any atom is 0.324 e. The Morgan fingerprint density at radius 2 is 1.78 bits per heavy atom. The first-order chi connectivity index (χ1) is 17.3. The van der Waals surface area contributed by atoms with Crippen molar-refractivity contribution in [1.29, 1.82) is 0 Å².